The largest absolute Gasteiger partial charge is 0.467 e. The summed E-state index contributed by atoms with van der Waals surface area (Å²) in [6, 6.07) is 12.2. The molecular formula is C18H22IN5O. The van der Waals surface area contributed by atoms with Crippen LogP contribution in [0.3, 0.4) is 0 Å². The van der Waals surface area contributed by atoms with Crippen LogP contribution in [0.2, 0.25) is 0 Å². The van der Waals surface area contributed by atoms with Crippen LogP contribution >= 0.6 is 24.0 Å². The van der Waals surface area contributed by atoms with E-state index in [1.54, 1.807) is 18.0 Å². The Morgan fingerprint density at radius 2 is 2.00 bits per heavy atom. The van der Waals surface area contributed by atoms with Gasteiger partial charge < -0.3 is 15.1 Å². The predicted octanol–water partition coefficient (Wildman–Crippen LogP) is 3.16. The zero-order chi connectivity index (χ0) is 16.8. The average molecular weight is 451 g/mol. The molecular weight excluding hydrogens is 429 g/mol. The molecule has 6 nitrogen and oxygen atoms in total. The number of aryl methyl sites for hydroxylation is 1. The molecule has 0 saturated carbocycles. The van der Waals surface area contributed by atoms with Gasteiger partial charge in [-0.15, -0.1) is 24.0 Å². The minimum absolute atomic E-state index is 0. The summed E-state index contributed by atoms with van der Waals surface area (Å²) in [7, 11) is 3.67. The van der Waals surface area contributed by atoms with Gasteiger partial charge in [-0.2, -0.15) is 5.10 Å². The maximum Gasteiger partial charge on any atom is 0.191 e. The van der Waals surface area contributed by atoms with Crippen molar-refractivity contribution in [2.24, 2.45) is 12.0 Å². The number of furan rings is 1. The first kappa shape index (κ1) is 19.0. The van der Waals surface area contributed by atoms with Gasteiger partial charge in [0.1, 0.15) is 5.76 Å². The molecule has 0 saturated heterocycles. The topological polar surface area (TPSA) is 67.4 Å². The molecule has 0 unspecified atom stereocenters. The summed E-state index contributed by atoms with van der Waals surface area (Å²) in [5.41, 5.74) is 3.44. The van der Waals surface area contributed by atoms with Gasteiger partial charge in [-0.1, -0.05) is 18.2 Å². The number of nitrogens with one attached hydrogen (secondary N) is 2. The lowest BCUT2D eigenvalue weighted by Gasteiger charge is -2.11. The molecule has 0 aliphatic carbocycles. The fourth-order valence-electron chi connectivity index (χ4n) is 2.42. The van der Waals surface area contributed by atoms with Crippen molar-refractivity contribution in [2.45, 2.75) is 13.1 Å². The van der Waals surface area contributed by atoms with E-state index in [0.29, 0.717) is 13.1 Å². The van der Waals surface area contributed by atoms with Crippen LogP contribution < -0.4 is 10.6 Å². The summed E-state index contributed by atoms with van der Waals surface area (Å²) in [5, 5.41) is 10.8. The fraction of sp³-hybridized carbons (Fsp3) is 0.222. The van der Waals surface area contributed by atoms with Gasteiger partial charge in [-0.25, -0.2) is 0 Å². The number of aliphatic imine (C=N–C) groups is 1. The zero-order valence-electron chi connectivity index (χ0n) is 14.3. The van der Waals surface area contributed by atoms with Crippen molar-refractivity contribution in [2.75, 3.05) is 7.05 Å². The van der Waals surface area contributed by atoms with Crippen molar-refractivity contribution in [1.82, 2.24) is 20.4 Å². The zero-order valence-corrected chi connectivity index (χ0v) is 16.6. The van der Waals surface area contributed by atoms with Crippen molar-refractivity contribution >= 4 is 29.9 Å². The minimum atomic E-state index is 0. The van der Waals surface area contributed by atoms with Gasteiger partial charge in [0, 0.05) is 32.4 Å². The maximum absolute atomic E-state index is 5.30. The molecule has 1 aromatic carbocycles. The number of rotatable bonds is 5. The average Bonchev–Trinajstić information content (AvgIpc) is 3.27. The van der Waals surface area contributed by atoms with Crippen LogP contribution in [0.25, 0.3) is 11.1 Å². The van der Waals surface area contributed by atoms with Gasteiger partial charge in [0.15, 0.2) is 5.96 Å². The van der Waals surface area contributed by atoms with Gasteiger partial charge in [-0.05, 0) is 29.3 Å². The SMILES string of the molecule is CN=C(NCc1cccc(-c2cnn(C)c2)c1)NCc1ccco1.I. The molecule has 0 fully saturated rings. The predicted molar refractivity (Wildman–Crippen MR) is 110 cm³/mol. The van der Waals surface area contributed by atoms with Crippen LogP contribution in [-0.4, -0.2) is 22.8 Å². The van der Waals surface area contributed by atoms with Crippen LogP contribution in [0.1, 0.15) is 11.3 Å². The summed E-state index contributed by atoms with van der Waals surface area (Å²) < 4.78 is 7.11. The van der Waals surface area contributed by atoms with Crippen molar-refractivity contribution < 1.29 is 4.42 Å². The lowest BCUT2D eigenvalue weighted by Crippen LogP contribution is -2.36. The highest BCUT2D eigenvalue weighted by Gasteiger charge is 2.03. The summed E-state index contributed by atoms with van der Waals surface area (Å²) in [5.74, 6) is 1.61. The Balaban J connectivity index is 0.00000225. The molecule has 2 heterocycles. The van der Waals surface area contributed by atoms with Gasteiger partial charge in [0.25, 0.3) is 0 Å². The van der Waals surface area contributed by atoms with E-state index in [-0.39, 0.29) is 24.0 Å². The second-order valence-electron chi connectivity index (χ2n) is 5.46. The van der Waals surface area contributed by atoms with Gasteiger partial charge in [0.2, 0.25) is 0 Å². The van der Waals surface area contributed by atoms with E-state index in [9.17, 15) is 0 Å². The number of aromatic nitrogens is 2. The number of nitrogens with zero attached hydrogens (tertiary/aromatic N) is 3. The van der Waals surface area contributed by atoms with Crippen LogP contribution in [0, 0.1) is 0 Å². The highest BCUT2D eigenvalue weighted by molar-refractivity contribution is 14.0. The van der Waals surface area contributed by atoms with E-state index in [1.165, 1.54) is 5.56 Å². The summed E-state index contributed by atoms with van der Waals surface area (Å²) in [4.78, 5) is 4.23. The highest BCUT2D eigenvalue weighted by atomic mass is 127. The molecule has 2 N–H and O–H groups in total. The Kier molecular flexibility index (Phi) is 7.05. The fourth-order valence-corrected chi connectivity index (χ4v) is 2.42. The smallest absolute Gasteiger partial charge is 0.191 e. The lowest BCUT2D eigenvalue weighted by atomic mass is 10.1. The molecule has 132 valence electrons. The van der Waals surface area contributed by atoms with E-state index in [1.807, 2.05) is 31.6 Å². The number of hydrogen-bond acceptors (Lipinski definition) is 3. The molecule has 0 aliphatic heterocycles. The number of guanidine groups is 1. The maximum atomic E-state index is 5.30. The Labute approximate surface area is 164 Å². The Hall–Kier alpha value is -2.29. The summed E-state index contributed by atoms with van der Waals surface area (Å²) in [6.45, 7) is 1.29. The monoisotopic (exact) mass is 451 g/mol. The molecule has 7 heteroatoms. The first-order chi connectivity index (χ1) is 11.7. The van der Waals surface area contributed by atoms with E-state index >= 15 is 0 Å². The number of halogens is 1. The Morgan fingerprint density at radius 1 is 1.16 bits per heavy atom. The third kappa shape index (κ3) is 5.35. The normalized spacial score (nSPS) is 11.0. The molecule has 0 spiro atoms. The summed E-state index contributed by atoms with van der Waals surface area (Å²) >= 11 is 0. The second kappa shape index (κ2) is 9.26. The molecule has 0 bridgehead atoms. The molecule has 0 atom stereocenters. The van der Waals surface area contributed by atoms with Crippen LogP contribution in [0.15, 0.2) is 64.5 Å². The van der Waals surface area contributed by atoms with Gasteiger partial charge >= 0.3 is 0 Å². The van der Waals surface area contributed by atoms with Crippen molar-refractivity contribution in [3.63, 3.8) is 0 Å². The first-order valence-corrected chi connectivity index (χ1v) is 7.79. The van der Waals surface area contributed by atoms with E-state index in [2.05, 4.69) is 45.0 Å². The summed E-state index contributed by atoms with van der Waals surface area (Å²) in [6.07, 6.45) is 5.55. The molecule has 0 amide bonds. The van der Waals surface area contributed by atoms with Gasteiger partial charge in [0.05, 0.1) is 19.0 Å². The Bertz CT molecular complexity index is 811. The minimum Gasteiger partial charge on any atom is -0.467 e. The second-order valence-corrected chi connectivity index (χ2v) is 5.46. The quantitative estimate of drug-likeness (QED) is 0.356. The van der Waals surface area contributed by atoms with E-state index in [0.717, 1.165) is 22.8 Å². The molecule has 25 heavy (non-hydrogen) atoms. The van der Waals surface area contributed by atoms with Crippen LogP contribution in [0.4, 0.5) is 0 Å². The Morgan fingerprint density at radius 3 is 2.68 bits per heavy atom. The van der Waals surface area contributed by atoms with Crippen LogP contribution in [-0.2, 0) is 20.1 Å². The first-order valence-electron chi connectivity index (χ1n) is 7.79. The molecule has 3 aromatic rings. The lowest BCUT2D eigenvalue weighted by molar-refractivity contribution is 0.501. The van der Waals surface area contributed by atoms with Crippen LogP contribution in [0.5, 0.6) is 0 Å². The van der Waals surface area contributed by atoms with E-state index in [4.69, 9.17) is 4.42 Å². The van der Waals surface area contributed by atoms with E-state index < -0.39 is 0 Å². The third-order valence-corrected chi connectivity index (χ3v) is 3.66. The van der Waals surface area contributed by atoms with Crippen molar-refractivity contribution in [3.8, 4) is 11.1 Å². The molecule has 0 radical (unpaired) electrons. The molecule has 0 aliphatic rings. The van der Waals surface area contributed by atoms with Crippen molar-refractivity contribution in [1.29, 1.82) is 0 Å². The molecule has 2 aromatic heterocycles. The number of benzene rings is 1. The standard InChI is InChI=1S/C18H21N5O.HI/c1-19-18(21-12-17-7-4-8-24-17)20-10-14-5-3-6-15(9-14)16-11-22-23(2)13-16;/h3-9,11,13H,10,12H2,1-2H3,(H2,19,20,21);1H. The van der Waals surface area contributed by atoms with Gasteiger partial charge in [-0.3, -0.25) is 9.67 Å². The third-order valence-electron chi connectivity index (χ3n) is 3.66. The highest BCUT2D eigenvalue weighted by Crippen LogP contribution is 2.19. The molecule has 3 rings (SSSR count). The van der Waals surface area contributed by atoms with Crippen molar-refractivity contribution in [3.05, 3.63) is 66.4 Å². The number of hydrogen-bond donors (Lipinski definition) is 2.